The fourth-order valence-corrected chi connectivity index (χ4v) is 4.18. The van der Waals surface area contributed by atoms with E-state index in [-0.39, 0.29) is 18.3 Å². The van der Waals surface area contributed by atoms with E-state index in [2.05, 4.69) is 18.7 Å². The maximum atomic E-state index is 12.9. The van der Waals surface area contributed by atoms with Crippen molar-refractivity contribution in [3.8, 4) is 23.0 Å². The Labute approximate surface area is 203 Å². The Kier molecular flexibility index (Phi) is 5.91. The van der Waals surface area contributed by atoms with E-state index in [9.17, 15) is 9.59 Å². The molecule has 0 saturated heterocycles. The van der Waals surface area contributed by atoms with Crippen molar-refractivity contribution in [2.24, 2.45) is 0 Å². The number of nitrogens with zero attached hydrogens (tertiary/aromatic N) is 1. The van der Waals surface area contributed by atoms with Crippen molar-refractivity contribution in [3.63, 3.8) is 0 Å². The van der Waals surface area contributed by atoms with Gasteiger partial charge in [0.15, 0.2) is 17.3 Å². The Balaban J connectivity index is 1.35. The number of anilines is 1. The lowest BCUT2D eigenvalue weighted by Gasteiger charge is -2.20. The lowest BCUT2D eigenvalue weighted by Crippen LogP contribution is -2.21. The number of hydrogen-bond acceptors (Lipinski definition) is 7. The molecule has 2 heterocycles. The number of allylic oxidation sites excluding steroid dienone is 1. The number of fused-ring (bicyclic) bond motifs is 2. The van der Waals surface area contributed by atoms with Crippen LogP contribution in [0, 0.1) is 6.92 Å². The molecule has 0 radical (unpaired) electrons. The maximum absolute atomic E-state index is 12.9. The quantitative estimate of drug-likeness (QED) is 0.271. The molecule has 7 nitrogen and oxygen atoms in total. The Bertz CT molecular complexity index is 1340. The number of ketones is 1. The van der Waals surface area contributed by atoms with Gasteiger partial charge in [-0.25, -0.2) is 4.79 Å². The van der Waals surface area contributed by atoms with Gasteiger partial charge in [-0.1, -0.05) is 12.1 Å². The highest BCUT2D eigenvalue weighted by atomic mass is 16.7. The van der Waals surface area contributed by atoms with E-state index in [0.717, 1.165) is 24.3 Å². The molecule has 0 bridgehead atoms. The second-order valence-electron chi connectivity index (χ2n) is 8.23. The highest BCUT2D eigenvalue weighted by Crippen LogP contribution is 2.40. The van der Waals surface area contributed by atoms with Gasteiger partial charge >= 0.3 is 5.97 Å². The van der Waals surface area contributed by atoms with Crippen LogP contribution in [0.4, 0.5) is 5.69 Å². The Hall–Kier alpha value is -4.26. The molecule has 2 aliphatic rings. The highest BCUT2D eigenvalue weighted by molar-refractivity contribution is 6.15. The average molecular weight is 472 g/mol. The fourth-order valence-electron chi connectivity index (χ4n) is 4.18. The van der Waals surface area contributed by atoms with Gasteiger partial charge in [0.25, 0.3) is 0 Å². The van der Waals surface area contributed by atoms with Gasteiger partial charge in [0, 0.05) is 24.3 Å². The molecule has 3 aromatic carbocycles. The molecule has 35 heavy (non-hydrogen) atoms. The standard InChI is InChI=1S/C28H25NO6/c1-4-29(5-2)20-9-6-18(7-10-20)14-25-26(30)21-11-13-22(17(3)27(21)34-25)35-28(31)19-8-12-23-24(15-19)33-16-32-23/h6-15H,4-5,16H2,1-3H3/b25-14-. The van der Waals surface area contributed by atoms with Crippen LogP contribution in [-0.4, -0.2) is 31.6 Å². The largest absolute Gasteiger partial charge is 0.454 e. The predicted molar refractivity (Wildman–Crippen MR) is 132 cm³/mol. The molecule has 0 atom stereocenters. The summed E-state index contributed by atoms with van der Waals surface area (Å²) in [4.78, 5) is 27.9. The molecule has 0 aliphatic carbocycles. The third-order valence-electron chi connectivity index (χ3n) is 6.17. The second-order valence-corrected chi connectivity index (χ2v) is 8.23. The van der Waals surface area contributed by atoms with Gasteiger partial charge in [-0.05, 0) is 74.9 Å². The fraction of sp³-hybridized carbons (Fsp3) is 0.214. The van der Waals surface area contributed by atoms with E-state index in [4.69, 9.17) is 18.9 Å². The van der Waals surface area contributed by atoms with E-state index < -0.39 is 5.97 Å². The van der Waals surface area contributed by atoms with E-state index in [0.29, 0.717) is 39.7 Å². The first kappa shape index (κ1) is 22.5. The molecule has 3 aromatic rings. The van der Waals surface area contributed by atoms with Crippen LogP contribution in [-0.2, 0) is 0 Å². The van der Waals surface area contributed by atoms with Crippen molar-refractivity contribution in [1.29, 1.82) is 0 Å². The minimum Gasteiger partial charge on any atom is -0.454 e. The van der Waals surface area contributed by atoms with Gasteiger partial charge in [-0.2, -0.15) is 0 Å². The summed E-state index contributed by atoms with van der Waals surface area (Å²) < 4.78 is 22.2. The number of esters is 1. The zero-order chi connectivity index (χ0) is 24.5. The molecular formula is C28H25NO6. The van der Waals surface area contributed by atoms with E-state index in [1.54, 1.807) is 43.3 Å². The number of carbonyl (C=O) groups excluding carboxylic acids is 2. The molecule has 0 fully saturated rings. The van der Waals surface area contributed by atoms with Crippen molar-refractivity contribution in [2.75, 3.05) is 24.8 Å². The normalized spacial score (nSPS) is 14.6. The molecular weight excluding hydrogens is 446 g/mol. The second kappa shape index (κ2) is 9.18. The van der Waals surface area contributed by atoms with Crippen LogP contribution < -0.4 is 23.8 Å². The highest BCUT2D eigenvalue weighted by Gasteiger charge is 2.30. The molecule has 0 N–H and O–H groups in total. The molecule has 0 unspecified atom stereocenters. The molecule has 0 saturated carbocycles. The summed E-state index contributed by atoms with van der Waals surface area (Å²) >= 11 is 0. The number of ether oxygens (including phenoxy) is 4. The average Bonchev–Trinajstić information content (AvgIpc) is 3.47. The van der Waals surface area contributed by atoms with Crippen LogP contribution in [0.25, 0.3) is 6.08 Å². The third-order valence-corrected chi connectivity index (χ3v) is 6.17. The summed E-state index contributed by atoms with van der Waals surface area (Å²) in [7, 11) is 0. The van der Waals surface area contributed by atoms with Crippen LogP contribution in [0.2, 0.25) is 0 Å². The first-order valence-electron chi connectivity index (χ1n) is 11.5. The minimum atomic E-state index is -0.542. The zero-order valence-electron chi connectivity index (χ0n) is 19.8. The summed E-state index contributed by atoms with van der Waals surface area (Å²) in [5.41, 5.74) is 3.34. The SMILES string of the molecule is CCN(CC)c1ccc(/C=C2\Oc3c(ccc(OC(=O)c4ccc5c(c4)OCO5)c3C)C2=O)cc1. The molecule has 0 amide bonds. The van der Waals surface area contributed by atoms with Gasteiger partial charge in [-0.15, -0.1) is 0 Å². The number of Topliss-reactive ketones (excluding diaryl/α,β-unsaturated/α-hetero) is 1. The van der Waals surface area contributed by atoms with Gasteiger partial charge < -0.3 is 23.8 Å². The topological polar surface area (TPSA) is 74.3 Å². The number of carbonyl (C=O) groups is 2. The molecule has 178 valence electrons. The third kappa shape index (κ3) is 4.21. The van der Waals surface area contributed by atoms with E-state index in [1.807, 2.05) is 24.3 Å². The summed E-state index contributed by atoms with van der Waals surface area (Å²) in [6.45, 7) is 7.97. The lowest BCUT2D eigenvalue weighted by atomic mass is 10.1. The molecule has 0 aromatic heterocycles. The van der Waals surface area contributed by atoms with E-state index >= 15 is 0 Å². The molecule has 5 rings (SSSR count). The maximum Gasteiger partial charge on any atom is 0.343 e. The van der Waals surface area contributed by atoms with Crippen molar-refractivity contribution in [3.05, 3.63) is 82.6 Å². The van der Waals surface area contributed by atoms with Crippen LogP contribution in [0.5, 0.6) is 23.0 Å². The summed E-state index contributed by atoms with van der Waals surface area (Å²) in [6, 6.07) is 16.1. The van der Waals surface area contributed by atoms with Crippen molar-refractivity contribution < 1.29 is 28.5 Å². The summed E-state index contributed by atoms with van der Waals surface area (Å²) in [5, 5.41) is 0. The number of benzene rings is 3. The smallest absolute Gasteiger partial charge is 0.343 e. The van der Waals surface area contributed by atoms with Gasteiger partial charge in [0.05, 0.1) is 11.1 Å². The monoisotopic (exact) mass is 471 g/mol. The van der Waals surface area contributed by atoms with Gasteiger partial charge in [0.1, 0.15) is 11.5 Å². The Morgan fingerprint density at radius 2 is 1.74 bits per heavy atom. The van der Waals surface area contributed by atoms with E-state index in [1.165, 1.54) is 0 Å². The number of rotatable bonds is 6. The van der Waals surface area contributed by atoms with Crippen LogP contribution in [0.15, 0.2) is 60.4 Å². The van der Waals surface area contributed by atoms with Gasteiger partial charge in [-0.3, -0.25) is 4.79 Å². The van der Waals surface area contributed by atoms with Crippen molar-refractivity contribution >= 4 is 23.5 Å². The van der Waals surface area contributed by atoms with Crippen molar-refractivity contribution in [1.82, 2.24) is 0 Å². The predicted octanol–water partition coefficient (Wildman–Crippen LogP) is 5.41. The zero-order valence-corrected chi connectivity index (χ0v) is 19.8. The summed E-state index contributed by atoms with van der Waals surface area (Å²) in [6.07, 6.45) is 1.73. The summed E-state index contributed by atoms with van der Waals surface area (Å²) in [5.74, 6) is 1.30. The first-order chi connectivity index (χ1) is 17.0. The van der Waals surface area contributed by atoms with Crippen LogP contribution >= 0.6 is 0 Å². The Morgan fingerprint density at radius 1 is 1.00 bits per heavy atom. The number of hydrogen-bond donors (Lipinski definition) is 0. The first-order valence-corrected chi connectivity index (χ1v) is 11.5. The van der Waals surface area contributed by atoms with Crippen molar-refractivity contribution in [2.45, 2.75) is 20.8 Å². The Morgan fingerprint density at radius 3 is 2.49 bits per heavy atom. The van der Waals surface area contributed by atoms with Crippen LogP contribution in [0.3, 0.4) is 0 Å². The van der Waals surface area contributed by atoms with Gasteiger partial charge in [0.2, 0.25) is 12.6 Å². The van der Waals surface area contributed by atoms with Crippen LogP contribution in [0.1, 0.15) is 45.7 Å². The molecule has 7 heteroatoms. The molecule has 0 spiro atoms. The lowest BCUT2D eigenvalue weighted by molar-refractivity contribution is 0.0732. The minimum absolute atomic E-state index is 0.124. The molecule has 2 aliphatic heterocycles.